The summed E-state index contributed by atoms with van der Waals surface area (Å²) in [4.78, 5) is 8.66. The summed E-state index contributed by atoms with van der Waals surface area (Å²) in [5.74, 6) is 1.48. The van der Waals surface area contributed by atoms with Gasteiger partial charge in [0.25, 0.3) is 5.78 Å². The summed E-state index contributed by atoms with van der Waals surface area (Å²) in [6.07, 6.45) is 3.49. The van der Waals surface area contributed by atoms with Gasteiger partial charge in [0.1, 0.15) is 12.1 Å². The van der Waals surface area contributed by atoms with Crippen LogP contribution in [0.3, 0.4) is 0 Å². The van der Waals surface area contributed by atoms with Gasteiger partial charge in [-0.2, -0.15) is 14.6 Å². The van der Waals surface area contributed by atoms with Crippen LogP contribution >= 0.6 is 15.9 Å². The van der Waals surface area contributed by atoms with E-state index >= 15 is 0 Å². The lowest BCUT2D eigenvalue weighted by Gasteiger charge is -2.10. The minimum Gasteiger partial charge on any atom is -0.339 e. The molecule has 3 aromatic rings. The Labute approximate surface area is 125 Å². The highest BCUT2D eigenvalue weighted by atomic mass is 79.9. The molecule has 0 saturated carbocycles. The van der Waals surface area contributed by atoms with E-state index in [0.29, 0.717) is 5.78 Å². The molecule has 6 heteroatoms. The van der Waals surface area contributed by atoms with Crippen molar-refractivity contribution in [1.29, 1.82) is 0 Å². The molecule has 5 nitrogen and oxygen atoms in total. The van der Waals surface area contributed by atoms with Gasteiger partial charge in [-0.3, -0.25) is 0 Å². The van der Waals surface area contributed by atoms with Gasteiger partial charge in [0, 0.05) is 16.2 Å². The van der Waals surface area contributed by atoms with Crippen molar-refractivity contribution in [2.45, 2.75) is 19.8 Å². The van der Waals surface area contributed by atoms with E-state index < -0.39 is 0 Å². The summed E-state index contributed by atoms with van der Waals surface area (Å²) in [7, 11) is 0. The summed E-state index contributed by atoms with van der Waals surface area (Å²) in [5.41, 5.74) is 2.00. The number of halogens is 1. The number of hydrogen-bond donors (Lipinski definition) is 1. The van der Waals surface area contributed by atoms with E-state index in [9.17, 15) is 0 Å². The number of hydrogen-bond acceptors (Lipinski definition) is 4. The smallest absolute Gasteiger partial charge is 0.254 e. The Bertz CT molecular complexity index is 737. The Kier molecular flexibility index (Phi) is 3.64. The molecule has 20 heavy (non-hydrogen) atoms. The van der Waals surface area contributed by atoms with Gasteiger partial charge in [0.05, 0.1) is 5.69 Å². The summed E-state index contributed by atoms with van der Waals surface area (Å²) in [5, 5.41) is 7.58. The molecule has 0 atom stereocenters. The highest BCUT2D eigenvalue weighted by Crippen LogP contribution is 2.25. The number of fused-ring (bicyclic) bond motifs is 1. The quantitative estimate of drug-likeness (QED) is 0.793. The molecule has 0 saturated heterocycles. The predicted octanol–water partition coefficient (Wildman–Crippen LogP) is 3.58. The van der Waals surface area contributed by atoms with Crippen molar-refractivity contribution < 1.29 is 0 Å². The van der Waals surface area contributed by atoms with E-state index in [1.165, 1.54) is 6.33 Å². The molecule has 3 rings (SSSR count). The second kappa shape index (κ2) is 5.58. The first-order valence-corrected chi connectivity index (χ1v) is 7.28. The largest absolute Gasteiger partial charge is 0.339 e. The predicted molar refractivity (Wildman–Crippen MR) is 82.2 cm³/mol. The van der Waals surface area contributed by atoms with Crippen molar-refractivity contribution in [2.75, 3.05) is 5.32 Å². The maximum absolute atomic E-state index is 4.49. The van der Waals surface area contributed by atoms with Crippen molar-refractivity contribution in [2.24, 2.45) is 0 Å². The van der Waals surface area contributed by atoms with Crippen molar-refractivity contribution >= 4 is 33.2 Å². The fourth-order valence-electron chi connectivity index (χ4n) is 2.04. The Morgan fingerprint density at radius 1 is 1.30 bits per heavy atom. The SMILES string of the molecule is CCCc1cc(Nc2ccccc2Br)n2ncnc2n1. The lowest BCUT2D eigenvalue weighted by atomic mass is 10.2. The molecular formula is C14H14BrN5. The Hall–Kier alpha value is -1.95. The third-order valence-corrected chi connectivity index (χ3v) is 3.64. The lowest BCUT2D eigenvalue weighted by molar-refractivity contribution is 0.860. The lowest BCUT2D eigenvalue weighted by Crippen LogP contribution is -2.04. The second-order valence-corrected chi connectivity index (χ2v) is 5.31. The molecule has 1 aromatic carbocycles. The number of rotatable bonds is 4. The molecule has 0 radical (unpaired) electrons. The molecule has 0 spiro atoms. The molecule has 1 N–H and O–H groups in total. The van der Waals surface area contributed by atoms with Crippen LogP contribution in [-0.4, -0.2) is 19.6 Å². The molecule has 0 amide bonds. The van der Waals surface area contributed by atoms with Gasteiger partial charge in [0.15, 0.2) is 0 Å². The van der Waals surface area contributed by atoms with Crippen molar-refractivity contribution in [3.63, 3.8) is 0 Å². The highest BCUT2D eigenvalue weighted by molar-refractivity contribution is 9.10. The number of nitrogens with one attached hydrogen (secondary N) is 1. The first-order chi connectivity index (χ1) is 9.78. The fourth-order valence-corrected chi connectivity index (χ4v) is 2.42. The topological polar surface area (TPSA) is 55.1 Å². The minimum atomic E-state index is 0.616. The number of aryl methyl sites for hydroxylation is 1. The van der Waals surface area contributed by atoms with Crippen LogP contribution in [0.1, 0.15) is 19.0 Å². The first kappa shape index (κ1) is 13.1. The third-order valence-electron chi connectivity index (χ3n) is 2.95. The molecule has 0 aliphatic carbocycles. The molecule has 2 heterocycles. The molecule has 0 unspecified atom stereocenters. The van der Waals surface area contributed by atoms with E-state index in [0.717, 1.165) is 34.5 Å². The van der Waals surface area contributed by atoms with Crippen molar-refractivity contribution in [3.05, 3.63) is 46.8 Å². The zero-order valence-corrected chi connectivity index (χ0v) is 12.6. The van der Waals surface area contributed by atoms with E-state index in [1.54, 1.807) is 4.52 Å². The van der Waals surface area contributed by atoms with Crippen LogP contribution in [0, 0.1) is 0 Å². The Morgan fingerprint density at radius 3 is 2.95 bits per heavy atom. The zero-order valence-electron chi connectivity index (χ0n) is 11.0. The van der Waals surface area contributed by atoms with Crippen molar-refractivity contribution in [3.8, 4) is 0 Å². The average molecular weight is 332 g/mol. The summed E-state index contributed by atoms with van der Waals surface area (Å²) in [6.45, 7) is 2.14. The van der Waals surface area contributed by atoms with Crippen LogP contribution in [0.5, 0.6) is 0 Å². The van der Waals surface area contributed by atoms with Crippen LogP contribution in [-0.2, 0) is 6.42 Å². The summed E-state index contributed by atoms with van der Waals surface area (Å²) in [6, 6.07) is 9.99. The van der Waals surface area contributed by atoms with Gasteiger partial charge < -0.3 is 5.32 Å². The van der Waals surface area contributed by atoms with Crippen LogP contribution < -0.4 is 5.32 Å². The maximum atomic E-state index is 4.49. The highest BCUT2D eigenvalue weighted by Gasteiger charge is 2.08. The van der Waals surface area contributed by atoms with Gasteiger partial charge in [-0.1, -0.05) is 25.5 Å². The van der Waals surface area contributed by atoms with Gasteiger partial charge in [-0.25, -0.2) is 4.98 Å². The summed E-state index contributed by atoms with van der Waals surface area (Å²) < 4.78 is 2.71. The van der Waals surface area contributed by atoms with Gasteiger partial charge in [-0.15, -0.1) is 0 Å². The van der Waals surface area contributed by atoms with Gasteiger partial charge in [0.2, 0.25) is 0 Å². The van der Waals surface area contributed by atoms with Crippen LogP contribution in [0.15, 0.2) is 41.1 Å². The number of para-hydroxylation sites is 1. The zero-order chi connectivity index (χ0) is 13.9. The van der Waals surface area contributed by atoms with E-state index in [2.05, 4.69) is 43.2 Å². The van der Waals surface area contributed by atoms with Crippen LogP contribution in [0.25, 0.3) is 5.78 Å². The number of anilines is 2. The monoisotopic (exact) mass is 331 g/mol. The molecular weight excluding hydrogens is 318 g/mol. The number of aromatic nitrogens is 4. The van der Waals surface area contributed by atoms with Gasteiger partial charge in [-0.05, 0) is 34.5 Å². The first-order valence-electron chi connectivity index (χ1n) is 6.49. The molecule has 0 fully saturated rings. The van der Waals surface area contributed by atoms with Crippen molar-refractivity contribution in [1.82, 2.24) is 19.6 Å². The van der Waals surface area contributed by atoms with E-state index in [1.807, 2.05) is 30.3 Å². The molecule has 0 bridgehead atoms. The average Bonchev–Trinajstić information content (AvgIpc) is 2.90. The number of nitrogens with zero attached hydrogens (tertiary/aromatic N) is 4. The minimum absolute atomic E-state index is 0.616. The van der Waals surface area contributed by atoms with Crippen LogP contribution in [0.2, 0.25) is 0 Å². The standard InChI is InChI=1S/C14H14BrN5/c1-2-5-10-8-13(20-14(18-10)16-9-17-20)19-12-7-4-3-6-11(12)15/h3-4,6-9,19H,2,5H2,1H3. The molecule has 0 aliphatic rings. The number of benzene rings is 1. The maximum Gasteiger partial charge on any atom is 0.254 e. The third kappa shape index (κ3) is 2.51. The molecule has 102 valence electrons. The summed E-state index contributed by atoms with van der Waals surface area (Å²) >= 11 is 3.53. The Morgan fingerprint density at radius 2 is 2.15 bits per heavy atom. The molecule has 2 aromatic heterocycles. The van der Waals surface area contributed by atoms with Gasteiger partial charge >= 0.3 is 0 Å². The molecule has 0 aliphatic heterocycles. The van der Waals surface area contributed by atoms with Crippen LogP contribution in [0.4, 0.5) is 11.5 Å². The fraction of sp³-hybridized carbons (Fsp3) is 0.214. The Balaban J connectivity index is 2.05. The normalized spacial score (nSPS) is 10.9. The second-order valence-electron chi connectivity index (χ2n) is 4.46. The van der Waals surface area contributed by atoms with E-state index in [-0.39, 0.29) is 0 Å². The van der Waals surface area contributed by atoms with E-state index in [4.69, 9.17) is 0 Å².